The largest absolute Gasteiger partial charge is 0.493 e. The molecule has 1 saturated heterocycles. The fourth-order valence-corrected chi connectivity index (χ4v) is 3.04. The van der Waals surface area contributed by atoms with Crippen LogP contribution in [0.4, 0.5) is 5.69 Å². The maximum Gasteiger partial charge on any atom is 0.274 e. The van der Waals surface area contributed by atoms with Crippen molar-refractivity contribution in [1.82, 2.24) is 9.47 Å². The zero-order chi connectivity index (χ0) is 21.0. The van der Waals surface area contributed by atoms with E-state index < -0.39 is 11.5 Å². The van der Waals surface area contributed by atoms with Gasteiger partial charge in [0.05, 0.1) is 33.0 Å². The van der Waals surface area contributed by atoms with Gasteiger partial charge in [-0.1, -0.05) is 0 Å². The lowest BCUT2D eigenvalue weighted by molar-refractivity contribution is 0.0302. The van der Waals surface area contributed by atoms with Crippen LogP contribution >= 0.6 is 0 Å². The Morgan fingerprint density at radius 2 is 1.72 bits per heavy atom. The van der Waals surface area contributed by atoms with Crippen molar-refractivity contribution in [1.29, 1.82) is 0 Å². The van der Waals surface area contributed by atoms with E-state index in [1.165, 1.54) is 44.2 Å². The van der Waals surface area contributed by atoms with Gasteiger partial charge in [0, 0.05) is 31.9 Å². The molecule has 3 rings (SSSR count). The molecule has 0 unspecified atom stereocenters. The summed E-state index contributed by atoms with van der Waals surface area (Å²) in [6, 6.07) is 6.08. The molecule has 1 aromatic heterocycles. The predicted octanol–water partition coefficient (Wildman–Crippen LogP) is 1.13. The predicted molar refractivity (Wildman–Crippen MR) is 106 cm³/mol. The van der Waals surface area contributed by atoms with Gasteiger partial charge in [-0.25, -0.2) is 0 Å². The summed E-state index contributed by atoms with van der Waals surface area (Å²) in [5.74, 6) is 0.159. The van der Waals surface area contributed by atoms with Crippen LogP contribution in [0, 0.1) is 0 Å². The Hall–Kier alpha value is -3.33. The van der Waals surface area contributed by atoms with Crippen LogP contribution in [-0.2, 0) is 11.8 Å². The Kier molecular flexibility index (Phi) is 6.18. The van der Waals surface area contributed by atoms with E-state index in [0.29, 0.717) is 43.4 Å². The fraction of sp³-hybridized carbons (Fsp3) is 0.350. The van der Waals surface area contributed by atoms with Crippen molar-refractivity contribution in [3.63, 3.8) is 0 Å². The number of nitrogens with zero attached hydrogens (tertiary/aromatic N) is 2. The van der Waals surface area contributed by atoms with E-state index in [-0.39, 0.29) is 17.2 Å². The summed E-state index contributed by atoms with van der Waals surface area (Å²) in [7, 11) is 4.50. The van der Waals surface area contributed by atoms with Crippen molar-refractivity contribution in [2.45, 2.75) is 0 Å². The third-order valence-electron chi connectivity index (χ3n) is 4.62. The van der Waals surface area contributed by atoms with Gasteiger partial charge in [-0.15, -0.1) is 0 Å². The van der Waals surface area contributed by atoms with Crippen LogP contribution < -0.4 is 20.3 Å². The summed E-state index contributed by atoms with van der Waals surface area (Å²) in [5.41, 5.74) is 0.204. The Morgan fingerprint density at radius 3 is 2.38 bits per heavy atom. The number of aromatic nitrogens is 1. The van der Waals surface area contributed by atoms with Crippen LogP contribution in [-0.4, -0.2) is 61.8 Å². The van der Waals surface area contributed by atoms with Crippen molar-refractivity contribution < 1.29 is 23.8 Å². The number of carbonyl (C=O) groups is 2. The quantitative estimate of drug-likeness (QED) is 0.806. The fourth-order valence-electron chi connectivity index (χ4n) is 3.04. The zero-order valence-electron chi connectivity index (χ0n) is 16.6. The van der Waals surface area contributed by atoms with Gasteiger partial charge in [0.2, 0.25) is 0 Å². The summed E-state index contributed by atoms with van der Waals surface area (Å²) in [6.07, 6.45) is 1.46. The first-order chi connectivity index (χ1) is 13.9. The van der Waals surface area contributed by atoms with Gasteiger partial charge in [0.1, 0.15) is 5.69 Å². The summed E-state index contributed by atoms with van der Waals surface area (Å²) in [4.78, 5) is 39.5. The van der Waals surface area contributed by atoms with Crippen LogP contribution in [0.1, 0.15) is 20.7 Å². The molecule has 1 aromatic carbocycles. The molecule has 29 heavy (non-hydrogen) atoms. The van der Waals surface area contributed by atoms with E-state index in [1.54, 1.807) is 17.0 Å². The lowest BCUT2D eigenvalue weighted by Crippen LogP contribution is -2.41. The summed E-state index contributed by atoms with van der Waals surface area (Å²) < 4.78 is 16.9. The van der Waals surface area contributed by atoms with Gasteiger partial charge in [-0.2, -0.15) is 0 Å². The molecule has 0 bridgehead atoms. The van der Waals surface area contributed by atoms with Crippen LogP contribution in [0.2, 0.25) is 0 Å². The molecule has 2 heterocycles. The molecule has 0 atom stereocenters. The molecule has 9 nitrogen and oxygen atoms in total. The standard InChI is InChI=1S/C20H23N3O6/c1-22-12-14(19(25)23-6-8-29-9-7-23)10-15(20(22)26)21-18(24)13-4-5-16(27-2)17(11-13)28-3/h4-5,10-12H,6-9H2,1-3H3,(H,21,24). The van der Waals surface area contributed by atoms with Gasteiger partial charge in [0.15, 0.2) is 11.5 Å². The maximum absolute atomic E-state index is 12.7. The maximum atomic E-state index is 12.7. The highest BCUT2D eigenvalue weighted by molar-refractivity contribution is 6.05. The highest BCUT2D eigenvalue weighted by atomic mass is 16.5. The average molecular weight is 401 g/mol. The second kappa shape index (κ2) is 8.78. The van der Waals surface area contributed by atoms with E-state index in [1.807, 2.05) is 0 Å². The number of hydrogen-bond donors (Lipinski definition) is 1. The van der Waals surface area contributed by atoms with Crippen LogP contribution in [0.5, 0.6) is 11.5 Å². The molecule has 0 radical (unpaired) electrons. The Morgan fingerprint density at radius 1 is 1.03 bits per heavy atom. The normalized spacial score (nSPS) is 13.7. The number of benzene rings is 1. The van der Waals surface area contributed by atoms with Gasteiger partial charge < -0.3 is 29.0 Å². The third-order valence-corrected chi connectivity index (χ3v) is 4.62. The molecule has 1 N–H and O–H groups in total. The number of nitrogens with one attached hydrogen (secondary N) is 1. The number of amides is 2. The SMILES string of the molecule is COc1ccc(C(=O)Nc2cc(C(=O)N3CCOCC3)cn(C)c2=O)cc1OC. The molecule has 1 aliphatic heterocycles. The lowest BCUT2D eigenvalue weighted by Gasteiger charge is -2.27. The van der Waals surface area contributed by atoms with Crippen molar-refractivity contribution in [2.75, 3.05) is 45.8 Å². The van der Waals surface area contributed by atoms with E-state index in [4.69, 9.17) is 14.2 Å². The van der Waals surface area contributed by atoms with E-state index in [0.717, 1.165) is 0 Å². The van der Waals surface area contributed by atoms with Crippen LogP contribution in [0.25, 0.3) is 0 Å². The number of morpholine rings is 1. The highest BCUT2D eigenvalue weighted by Gasteiger charge is 2.21. The summed E-state index contributed by atoms with van der Waals surface area (Å²) >= 11 is 0. The molecule has 0 saturated carbocycles. The van der Waals surface area contributed by atoms with E-state index >= 15 is 0 Å². The molecule has 2 aromatic rings. The molecule has 9 heteroatoms. The number of anilines is 1. The Bertz CT molecular complexity index is 979. The molecule has 2 amide bonds. The second-order valence-electron chi connectivity index (χ2n) is 6.49. The first kappa shape index (κ1) is 20.4. The molecule has 1 aliphatic rings. The van der Waals surface area contributed by atoms with Gasteiger partial charge in [-0.05, 0) is 24.3 Å². The summed E-state index contributed by atoms with van der Waals surface area (Å²) in [6.45, 7) is 1.91. The van der Waals surface area contributed by atoms with Crippen molar-refractivity contribution in [3.8, 4) is 11.5 Å². The monoisotopic (exact) mass is 401 g/mol. The number of carbonyl (C=O) groups excluding carboxylic acids is 2. The minimum Gasteiger partial charge on any atom is -0.493 e. The van der Waals surface area contributed by atoms with Crippen molar-refractivity contribution >= 4 is 17.5 Å². The Balaban J connectivity index is 1.86. The third kappa shape index (κ3) is 4.40. The lowest BCUT2D eigenvalue weighted by atomic mass is 10.1. The minimum atomic E-state index is -0.501. The molecule has 0 aliphatic carbocycles. The molecule has 0 spiro atoms. The number of pyridine rings is 1. The topological polar surface area (TPSA) is 99.1 Å². The first-order valence-electron chi connectivity index (χ1n) is 9.05. The molecule has 154 valence electrons. The number of methoxy groups -OCH3 is 2. The van der Waals surface area contributed by atoms with Gasteiger partial charge in [-0.3, -0.25) is 14.4 Å². The van der Waals surface area contributed by atoms with Gasteiger partial charge >= 0.3 is 0 Å². The van der Waals surface area contributed by atoms with Crippen LogP contribution in [0.15, 0.2) is 35.3 Å². The van der Waals surface area contributed by atoms with Crippen molar-refractivity contribution in [3.05, 3.63) is 51.9 Å². The van der Waals surface area contributed by atoms with Crippen LogP contribution in [0.3, 0.4) is 0 Å². The first-order valence-corrected chi connectivity index (χ1v) is 9.05. The number of hydrogen-bond acceptors (Lipinski definition) is 6. The molecule has 1 fully saturated rings. The average Bonchev–Trinajstić information content (AvgIpc) is 2.76. The van der Waals surface area contributed by atoms with Crippen molar-refractivity contribution in [2.24, 2.45) is 7.05 Å². The Labute approximate surface area is 167 Å². The minimum absolute atomic E-state index is 0.0198. The highest BCUT2D eigenvalue weighted by Crippen LogP contribution is 2.27. The van der Waals surface area contributed by atoms with E-state index in [2.05, 4.69) is 5.32 Å². The summed E-state index contributed by atoms with van der Waals surface area (Å²) in [5, 5.41) is 2.59. The van der Waals surface area contributed by atoms with Gasteiger partial charge in [0.25, 0.3) is 17.4 Å². The number of ether oxygens (including phenoxy) is 3. The molecular formula is C20H23N3O6. The second-order valence-corrected chi connectivity index (χ2v) is 6.49. The molecular weight excluding hydrogens is 378 g/mol. The zero-order valence-corrected chi connectivity index (χ0v) is 16.6. The smallest absolute Gasteiger partial charge is 0.274 e. The van der Waals surface area contributed by atoms with E-state index in [9.17, 15) is 14.4 Å². The number of rotatable bonds is 5. The number of aryl methyl sites for hydroxylation is 1.